The highest BCUT2D eigenvalue weighted by molar-refractivity contribution is 5.92. The zero-order chi connectivity index (χ0) is 16.4. The van der Waals surface area contributed by atoms with Crippen LogP contribution in [-0.4, -0.2) is 29.2 Å². The number of furan rings is 1. The largest absolute Gasteiger partial charge is 0.459 e. The van der Waals surface area contributed by atoms with E-state index in [9.17, 15) is 4.79 Å². The van der Waals surface area contributed by atoms with Crippen LogP contribution in [0.1, 0.15) is 29.1 Å². The van der Waals surface area contributed by atoms with Crippen molar-refractivity contribution in [3.05, 3.63) is 53.9 Å². The summed E-state index contributed by atoms with van der Waals surface area (Å²) in [7, 11) is 0. The molecule has 3 aromatic rings. The summed E-state index contributed by atoms with van der Waals surface area (Å²) in [5.74, 6) is 1.29. The van der Waals surface area contributed by atoms with Crippen LogP contribution in [0.4, 0.5) is 5.82 Å². The molecule has 0 radical (unpaired) electrons. The average molecular weight is 322 g/mol. The molecule has 0 spiro atoms. The highest BCUT2D eigenvalue weighted by atomic mass is 16.3. The van der Waals surface area contributed by atoms with Gasteiger partial charge in [0.05, 0.1) is 6.54 Å². The fourth-order valence-electron chi connectivity index (χ4n) is 2.94. The molecule has 1 saturated heterocycles. The van der Waals surface area contributed by atoms with E-state index in [1.165, 1.54) is 12.8 Å². The van der Waals surface area contributed by atoms with E-state index in [2.05, 4.69) is 20.4 Å². The molecule has 24 heavy (non-hydrogen) atoms. The minimum absolute atomic E-state index is 0.254. The van der Waals surface area contributed by atoms with Crippen LogP contribution >= 0.6 is 0 Å². The molecule has 6 heteroatoms. The predicted molar refractivity (Wildman–Crippen MR) is 90.9 cm³/mol. The molecule has 0 atom stereocenters. The van der Waals surface area contributed by atoms with Gasteiger partial charge in [-0.2, -0.15) is 0 Å². The predicted octanol–water partition coefficient (Wildman–Crippen LogP) is 2.75. The first-order chi connectivity index (χ1) is 11.8. The Bertz CT molecular complexity index is 818. The molecule has 1 amide bonds. The van der Waals surface area contributed by atoms with Gasteiger partial charge in [0.15, 0.2) is 11.5 Å². The summed E-state index contributed by atoms with van der Waals surface area (Å²) in [6.45, 7) is 2.33. The summed E-state index contributed by atoms with van der Waals surface area (Å²) < 4.78 is 5.68. The van der Waals surface area contributed by atoms with Gasteiger partial charge in [-0.3, -0.25) is 4.79 Å². The molecule has 3 heterocycles. The third-order valence-corrected chi connectivity index (χ3v) is 4.21. The highest BCUT2D eigenvalue weighted by Crippen LogP contribution is 2.19. The van der Waals surface area contributed by atoms with Crippen molar-refractivity contribution in [1.29, 1.82) is 0 Å². The number of benzene rings is 1. The second-order valence-corrected chi connectivity index (χ2v) is 5.90. The number of carbonyl (C=O) groups is 1. The van der Waals surface area contributed by atoms with E-state index in [1.54, 1.807) is 6.07 Å². The maximum atomic E-state index is 12.2. The van der Waals surface area contributed by atoms with Crippen LogP contribution < -0.4 is 10.2 Å². The molecule has 1 aliphatic rings. The van der Waals surface area contributed by atoms with Crippen molar-refractivity contribution in [1.82, 2.24) is 15.5 Å². The van der Waals surface area contributed by atoms with Gasteiger partial charge in [-0.25, -0.2) is 0 Å². The van der Waals surface area contributed by atoms with Crippen LogP contribution in [0.3, 0.4) is 0 Å². The minimum atomic E-state index is -0.254. The lowest BCUT2D eigenvalue weighted by atomic mass is 10.2. The number of nitrogens with one attached hydrogen (secondary N) is 1. The van der Waals surface area contributed by atoms with E-state index >= 15 is 0 Å². The number of carbonyl (C=O) groups excluding carboxylic acids is 1. The molecule has 0 aliphatic carbocycles. The Morgan fingerprint density at radius 3 is 2.71 bits per heavy atom. The molecular formula is C18H18N4O2. The summed E-state index contributed by atoms with van der Waals surface area (Å²) in [5.41, 5.74) is 1.13. The number of amides is 1. The number of hydrogen-bond acceptors (Lipinski definition) is 5. The first-order valence-electron chi connectivity index (χ1n) is 8.14. The van der Waals surface area contributed by atoms with Crippen molar-refractivity contribution in [2.24, 2.45) is 0 Å². The fraction of sp³-hybridized carbons (Fsp3) is 0.278. The number of para-hydroxylation sites is 1. The number of rotatable bonds is 4. The second-order valence-electron chi connectivity index (χ2n) is 5.90. The molecule has 1 fully saturated rings. The van der Waals surface area contributed by atoms with E-state index in [-0.39, 0.29) is 5.91 Å². The summed E-state index contributed by atoms with van der Waals surface area (Å²) in [6, 6.07) is 13.3. The Morgan fingerprint density at radius 2 is 1.96 bits per heavy atom. The van der Waals surface area contributed by atoms with Crippen LogP contribution in [-0.2, 0) is 6.54 Å². The second kappa shape index (κ2) is 6.31. The van der Waals surface area contributed by atoms with Crippen molar-refractivity contribution >= 4 is 22.7 Å². The zero-order valence-corrected chi connectivity index (χ0v) is 13.2. The Labute approximate surface area is 139 Å². The van der Waals surface area contributed by atoms with Gasteiger partial charge in [0, 0.05) is 18.5 Å². The normalized spacial score (nSPS) is 14.2. The molecule has 0 bridgehead atoms. The zero-order valence-electron chi connectivity index (χ0n) is 13.2. The third kappa shape index (κ3) is 2.95. The Morgan fingerprint density at radius 1 is 1.12 bits per heavy atom. The Kier molecular flexibility index (Phi) is 3.86. The fourth-order valence-corrected chi connectivity index (χ4v) is 2.94. The molecule has 2 aromatic heterocycles. The maximum Gasteiger partial charge on any atom is 0.272 e. The first kappa shape index (κ1) is 14.7. The molecule has 0 unspecified atom stereocenters. The minimum Gasteiger partial charge on any atom is -0.459 e. The maximum absolute atomic E-state index is 12.2. The molecule has 122 valence electrons. The Balaban J connectivity index is 1.40. The van der Waals surface area contributed by atoms with Gasteiger partial charge in [-0.05, 0) is 37.1 Å². The quantitative estimate of drug-likeness (QED) is 0.800. The van der Waals surface area contributed by atoms with Gasteiger partial charge in [-0.1, -0.05) is 18.2 Å². The lowest BCUT2D eigenvalue weighted by molar-refractivity contribution is 0.0942. The van der Waals surface area contributed by atoms with Crippen LogP contribution in [0, 0.1) is 0 Å². The smallest absolute Gasteiger partial charge is 0.272 e. The van der Waals surface area contributed by atoms with E-state index in [0.29, 0.717) is 18.0 Å². The number of hydrogen-bond donors (Lipinski definition) is 1. The lowest BCUT2D eigenvalue weighted by Crippen LogP contribution is -2.25. The van der Waals surface area contributed by atoms with Crippen molar-refractivity contribution < 1.29 is 9.21 Å². The van der Waals surface area contributed by atoms with Crippen LogP contribution in [0.5, 0.6) is 0 Å². The molecule has 1 aromatic carbocycles. The van der Waals surface area contributed by atoms with Gasteiger partial charge < -0.3 is 14.6 Å². The van der Waals surface area contributed by atoms with E-state index in [1.807, 2.05) is 36.4 Å². The van der Waals surface area contributed by atoms with Gasteiger partial charge in [0.2, 0.25) is 0 Å². The van der Waals surface area contributed by atoms with E-state index in [4.69, 9.17) is 4.42 Å². The van der Waals surface area contributed by atoms with Crippen molar-refractivity contribution in [3.8, 4) is 0 Å². The standard InChI is InChI=1S/C18H18N4O2/c23-18(15-7-8-17(21-20-15)22-9-3-4-10-22)19-12-14-11-13-5-1-2-6-16(13)24-14/h1-2,5-8,11H,3-4,9-10,12H2,(H,19,23). The topological polar surface area (TPSA) is 71.3 Å². The Hall–Kier alpha value is -2.89. The summed E-state index contributed by atoms with van der Waals surface area (Å²) in [5, 5.41) is 12.0. The number of nitrogens with zero attached hydrogens (tertiary/aromatic N) is 3. The van der Waals surface area contributed by atoms with E-state index < -0.39 is 0 Å². The monoisotopic (exact) mass is 322 g/mol. The van der Waals surface area contributed by atoms with Crippen LogP contribution in [0.25, 0.3) is 11.0 Å². The van der Waals surface area contributed by atoms with Crippen molar-refractivity contribution in [2.45, 2.75) is 19.4 Å². The van der Waals surface area contributed by atoms with E-state index in [0.717, 1.165) is 29.9 Å². The molecule has 6 nitrogen and oxygen atoms in total. The summed E-state index contributed by atoms with van der Waals surface area (Å²) in [4.78, 5) is 14.4. The lowest BCUT2D eigenvalue weighted by Gasteiger charge is -2.15. The van der Waals surface area contributed by atoms with Gasteiger partial charge >= 0.3 is 0 Å². The SMILES string of the molecule is O=C(NCc1cc2ccccc2o1)c1ccc(N2CCCC2)nn1. The molecule has 1 N–H and O–H groups in total. The van der Waals surface area contributed by atoms with Crippen LogP contribution in [0.2, 0.25) is 0 Å². The van der Waals surface area contributed by atoms with Gasteiger partial charge in [-0.15, -0.1) is 10.2 Å². The summed E-state index contributed by atoms with van der Waals surface area (Å²) >= 11 is 0. The number of aromatic nitrogens is 2. The highest BCUT2D eigenvalue weighted by Gasteiger charge is 2.15. The molecule has 0 saturated carbocycles. The molecule has 4 rings (SSSR count). The summed E-state index contributed by atoms with van der Waals surface area (Å²) in [6.07, 6.45) is 2.36. The third-order valence-electron chi connectivity index (χ3n) is 4.21. The molecule has 1 aliphatic heterocycles. The van der Waals surface area contributed by atoms with Crippen molar-refractivity contribution in [3.63, 3.8) is 0 Å². The first-order valence-corrected chi connectivity index (χ1v) is 8.14. The number of anilines is 1. The average Bonchev–Trinajstić information content (AvgIpc) is 3.29. The van der Waals surface area contributed by atoms with Crippen molar-refractivity contribution in [2.75, 3.05) is 18.0 Å². The molecular weight excluding hydrogens is 304 g/mol. The van der Waals surface area contributed by atoms with Gasteiger partial charge in [0.1, 0.15) is 11.3 Å². The number of fused-ring (bicyclic) bond motifs is 1. The van der Waals surface area contributed by atoms with Gasteiger partial charge in [0.25, 0.3) is 5.91 Å². The van der Waals surface area contributed by atoms with Crippen LogP contribution in [0.15, 0.2) is 46.9 Å².